The van der Waals surface area contributed by atoms with Gasteiger partial charge in [-0.1, -0.05) is 27.7 Å². The highest BCUT2D eigenvalue weighted by Crippen LogP contribution is 2.30. The molecule has 102 valence electrons. The zero-order valence-corrected chi connectivity index (χ0v) is 11.9. The van der Waals surface area contributed by atoms with Crippen molar-refractivity contribution in [3.05, 3.63) is 34.9 Å². The first-order valence-electron chi connectivity index (χ1n) is 6.43. The van der Waals surface area contributed by atoms with Gasteiger partial charge in [-0.15, -0.1) is 0 Å². The maximum atomic E-state index is 13.9. The van der Waals surface area contributed by atoms with Gasteiger partial charge in [0.1, 0.15) is 11.6 Å². The molecule has 1 rings (SSSR count). The van der Waals surface area contributed by atoms with Crippen molar-refractivity contribution in [1.82, 2.24) is 5.32 Å². The van der Waals surface area contributed by atoms with E-state index in [4.69, 9.17) is 0 Å². The highest BCUT2D eigenvalue weighted by Gasteiger charge is 2.25. The van der Waals surface area contributed by atoms with Crippen LogP contribution < -0.4 is 5.32 Å². The van der Waals surface area contributed by atoms with Gasteiger partial charge in [0.15, 0.2) is 0 Å². The summed E-state index contributed by atoms with van der Waals surface area (Å²) in [5.74, 6) is -0.653. The molecule has 0 fully saturated rings. The zero-order chi connectivity index (χ0) is 13.9. The third-order valence-corrected chi connectivity index (χ3v) is 3.28. The van der Waals surface area contributed by atoms with E-state index in [-0.39, 0.29) is 17.0 Å². The first-order chi connectivity index (χ1) is 8.24. The van der Waals surface area contributed by atoms with Gasteiger partial charge >= 0.3 is 0 Å². The average molecular weight is 255 g/mol. The Kier molecular flexibility index (Phi) is 4.85. The lowest BCUT2D eigenvalue weighted by molar-refractivity contribution is 0.419. The van der Waals surface area contributed by atoms with E-state index in [1.165, 1.54) is 12.1 Å². The van der Waals surface area contributed by atoms with E-state index in [0.717, 1.165) is 13.0 Å². The van der Waals surface area contributed by atoms with Gasteiger partial charge in [0.25, 0.3) is 0 Å². The fourth-order valence-corrected chi connectivity index (χ4v) is 1.97. The second-order valence-corrected chi connectivity index (χ2v) is 5.82. The fraction of sp³-hybridized carbons (Fsp3) is 0.600. The number of rotatable bonds is 5. The third-order valence-electron chi connectivity index (χ3n) is 3.28. The normalized spacial score (nSPS) is 12.2. The molecule has 0 aromatic heterocycles. The number of hydrogen-bond donors (Lipinski definition) is 1. The minimum Gasteiger partial charge on any atom is -0.315 e. The zero-order valence-electron chi connectivity index (χ0n) is 11.9. The molecule has 0 aliphatic carbocycles. The molecular weight excluding hydrogens is 232 g/mol. The van der Waals surface area contributed by atoms with Crippen LogP contribution in [0.5, 0.6) is 0 Å². The van der Waals surface area contributed by atoms with Crippen molar-refractivity contribution in [1.29, 1.82) is 0 Å². The van der Waals surface area contributed by atoms with E-state index < -0.39 is 0 Å². The molecule has 0 saturated carbocycles. The second-order valence-electron chi connectivity index (χ2n) is 5.82. The standard InChI is InChI=1S/C15H23F2N/c1-10(2)18-7-6-15(4,5)12-9-13(16)11(3)8-14(12)17/h8-10,18H,6-7H2,1-5H3. The molecule has 1 aromatic carbocycles. The van der Waals surface area contributed by atoms with Crippen LogP contribution in [0.3, 0.4) is 0 Å². The van der Waals surface area contributed by atoms with Crippen LogP contribution in [0, 0.1) is 18.6 Å². The first kappa shape index (κ1) is 15.1. The van der Waals surface area contributed by atoms with Crippen molar-refractivity contribution >= 4 is 0 Å². The fourth-order valence-electron chi connectivity index (χ4n) is 1.97. The Morgan fingerprint density at radius 1 is 1.17 bits per heavy atom. The quantitative estimate of drug-likeness (QED) is 0.840. The predicted molar refractivity (Wildman–Crippen MR) is 71.9 cm³/mol. The topological polar surface area (TPSA) is 12.0 Å². The molecule has 0 aliphatic rings. The third kappa shape index (κ3) is 3.77. The van der Waals surface area contributed by atoms with Crippen LogP contribution >= 0.6 is 0 Å². The lowest BCUT2D eigenvalue weighted by Gasteiger charge is -2.27. The van der Waals surface area contributed by atoms with Gasteiger partial charge < -0.3 is 5.32 Å². The van der Waals surface area contributed by atoms with E-state index in [1.54, 1.807) is 6.92 Å². The molecule has 0 unspecified atom stereocenters. The largest absolute Gasteiger partial charge is 0.315 e. The molecule has 0 spiro atoms. The Morgan fingerprint density at radius 2 is 1.78 bits per heavy atom. The Morgan fingerprint density at radius 3 is 2.33 bits per heavy atom. The molecule has 0 atom stereocenters. The smallest absolute Gasteiger partial charge is 0.127 e. The van der Waals surface area contributed by atoms with Gasteiger partial charge in [0.05, 0.1) is 0 Å². The molecule has 3 heteroatoms. The monoisotopic (exact) mass is 255 g/mol. The molecule has 0 radical (unpaired) electrons. The van der Waals surface area contributed by atoms with Crippen LogP contribution in [0.25, 0.3) is 0 Å². The highest BCUT2D eigenvalue weighted by atomic mass is 19.1. The molecule has 1 nitrogen and oxygen atoms in total. The van der Waals surface area contributed by atoms with Crippen LogP contribution in [0.2, 0.25) is 0 Å². The van der Waals surface area contributed by atoms with Crippen LogP contribution in [-0.2, 0) is 5.41 Å². The summed E-state index contributed by atoms with van der Waals surface area (Å²) in [5.41, 5.74) is 0.434. The van der Waals surface area contributed by atoms with Crippen LogP contribution in [0.1, 0.15) is 45.2 Å². The summed E-state index contributed by atoms with van der Waals surface area (Å²) in [6, 6.07) is 3.02. The van der Waals surface area contributed by atoms with Crippen molar-refractivity contribution in [2.45, 2.75) is 52.5 Å². The average Bonchev–Trinajstić information content (AvgIpc) is 2.22. The summed E-state index contributed by atoms with van der Waals surface area (Å²) in [7, 11) is 0. The summed E-state index contributed by atoms with van der Waals surface area (Å²) < 4.78 is 27.5. The minimum absolute atomic E-state index is 0.316. The summed E-state index contributed by atoms with van der Waals surface area (Å²) >= 11 is 0. The highest BCUT2D eigenvalue weighted by molar-refractivity contribution is 5.30. The van der Waals surface area contributed by atoms with Gasteiger partial charge in [0.2, 0.25) is 0 Å². The molecule has 0 saturated heterocycles. The van der Waals surface area contributed by atoms with Crippen molar-refractivity contribution in [3.63, 3.8) is 0 Å². The lowest BCUT2D eigenvalue weighted by atomic mass is 9.80. The Bertz CT molecular complexity index is 411. The molecule has 0 bridgehead atoms. The van der Waals surface area contributed by atoms with E-state index in [9.17, 15) is 8.78 Å². The van der Waals surface area contributed by atoms with E-state index >= 15 is 0 Å². The Hall–Kier alpha value is -0.960. The minimum atomic E-state index is -0.374. The maximum Gasteiger partial charge on any atom is 0.127 e. The molecule has 0 aliphatic heterocycles. The predicted octanol–water partition coefficient (Wildman–Crippen LogP) is 3.94. The molecule has 18 heavy (non-hydrogen) atoms. The molecule has 1 N–H and O–H groups in total. The molecule has 0 heterocycles. The van der Waals surface area contributed by atoms with E-state index in [1.807, 2.05) is 13.8 Å². The maximum absolute atomic E-state index is 13.9. The van der Waals surface area contributed by atoms with Crippen LogP contribution in [-0.4, -0.2) is 12.6 Å². The lowest BCUT2D eigenvalue weighted by Crippen LogP contribution is -2.30. The van der Waals surface area contributed by atoms with Gasteiger partial charge in [0, 0.05) is 6.04 Å². The van der Waals surface area contributed by atoms with E-state index in [0.29, 0.717) is 17.2 Å². The Labute approximate surface area is 109 Å². The number of benzene rings is 1. The first-order valence-corrected chi connectivity index (χ1v) is 6.43. The summed E-state index contributed by atoms with van der Waals surface area (Å²) in [4.78, 5) is 0. The van der Waals surface area contributed by atoms with Crippen LogP contribution in [0.4, 0.5) is 8.78 Å². The number of halogens is 2. The second kappa shape index (κ2) is 5.79. The van der Waals surface area contributed by atoms with E-state index in [2.05, 4.69) is 19.2 Å². The van der Waals surface area contributed by atoms with Crippen molar-refractivity contribution < 1.29 is 8.78 Å². The summed E-state index contributed by atoms with van der Waals surface area (Å²) in [5, 5.41) is 3.30. The number of hydrogen-bond acceptors (Lipinski definition) is 1. The van der Waals surface area contributed by atoms with Crippen molar-refractivity contribution in [3.8, 4) is 0 Å². The van der Waals surface area contributed by atoms with Crippen molar-refractivity contribution in [2.24, 2.45) is 0 Å². The number of aryl methyl sites for hydroxylation is 1. The summed E-state index contributed by atoms with van der Waals surface area (Å²) in [6.07, 6.45) is 0.768. The van der Waals surface area contributed by atoms with Gasteiger partial charge in [-0.3, -0.25) is 0 Å². The SMILES string of the molecule is Cc1cc(F)c(C(C)(C)CCNC(C)C)cc1F. The Balaban J connectivity index is 2.87. The molecular formula is C15H23F2N. The van der Waals surface area contributed by atoms with Gasteiger partial charge in [-0.25, -0.2) is 8.78 Å². The number of nitrogens with one attached hydrogen (secondary N) is 1. The van der Waals surface area contributed by atoms with Gasteiger partial charge in [-0.2, -0.15) is 0 Å². The molecule has 1 aromatic rings. The van der Waals surface area contributed by atoms with Crippen LogP contribution in [0.15, 0.2) is 12.1 Å². The van der Waals surface area contributed by atoms with Crippen molar-refractivity contribution in [2.75, 3.05) is 6.54 Å². The van der Waals surface area contributed by atoms with Gasteiger partial charge in [-0.05, 0) is 48.6 Å². The summed E-state index contributed by atoms with van der Waals surface area (Å²) in [6.45, 7) is 10.4. The molecule has 0 amide bonds.